The lowest BCUT2D eigenvalue weighted by Crippen LogP contribution is -2.31. The smallest absolute Gasteiger partial charge is 0.123 e. The zero-order valence-electron chi connectivity index (χ0n) is 11.3. The van der Waals surface area contributed by atoms with Crippen LogP contribution in [0, 0.1) is 0 Å². The summed E-state index contributed by atoms with van der Waals surface area (Å²) in [6.07, 6.45) is 0.0808. The van der Waals surface area contributed by atoms with Crippen LogP contribution in [0.2, 0.25) is 0 Å². The first-order valence-corrected chi connectivity index (χ1v) is 7.60. The van der Waals surface area contributed by atoms with Gasteiger partial charge in [0.05, 0.1) is 37.4 Å². The molecule has 3 rings (SSSR count). The second-order valence-corrected chi connectivity index (χ2v) is 6.80. The van der Waals surface area contributed by atoms with E-state index in [1.807, 2.05) is 0 Å². The van der Waals surface area contributed by atoms with Gasteiger partial charge in [0.25, 0.3) is 0 Å². The highest BCUT2D eigenvalue weighted by Gasteiger charge is 2.33. The van der Waals surface area contributed by atoms with Crippen molar-refractivity contribution in [2.75, 3.05) is 26.4 Å². The van der Waals surface area contributed by atoms with Crippen LogP contribution < -0.4 is 4.74 Å². The van der Waals surface area contributed by atoms with Crippen molar-refractivity contribution >= 4 is 15.9 Å². The molecule has 0 spiro atoms. The van der Waals surface area contributed by atoms with Gasteiger partial charge in [0.15, 0.2) is 0 Å². The average molecular weight is 327 g/mol. The van der Waals surface area contributed by atoms with Crippen molar-refractivity contribution in [3.8, 4) is 5.75 Å². The zero-order chi connectivity index (χ0) is 13.5. The fraction of sp³-hybridized carbons (Fsp3) is 0.600. The molecule has 1 aromatic rings. The summed E-state index contributed by atoms with van der Waals surface area (Å²) in [5.41, 5.74) is 2.60. The molecule has 1 fully saturated rings. The number of benzene rings is 1. The lowest BCUT2D eigenvalue weighted by atomic mass is 9.85. The monoisotopic (exact) mass is 326 g/mol. The largest absolute Gasteiger partial charge is 0.492 e. The zero-order valence-corrected chi connectivity index (χ0v) is 12.9. The van der Waals surface area contributed by atoms with E-state index in [9.17, 15) is 0 Å². The summed E-state index contributed by atoms with van der Waals surface area (Å²) in [6, 6.07) is 6.41. The van der Waals surface area contributed by atoms with E-state index in [0.717, 1.165) is 12.4 Å². The minimum atomic E-state index is 0.0808. The molecule has 0 radical (unpaired) electrons. The molecule has 2 atom stereocenters. The fourth-order valence-corrected chi connectivity index (χ4v) is 3.19. The molecule has 19 heavy (non-hydrogen) atoms. The maximum absolute atomic E-state index is 5.76. The molecule has 0 saturated carbocycles. The van der Waals surface area contributed by atoms with Crippen LogP contribution in [0.5, 0.6) is 5.75 Å². The van der Waals surface area contributed by atoms with Crippen LogP contribution in [0.25, 0.3) is 0 Å². The highest BCUT2D eigenvalue weighted by Crippen LogP contribution is 2.41. The summed E-state index contributed by atoms with van der Waals surface area (Å²) in [5, 5.41) is 0. The van der Waals surface area contributed by atoms with E-state index >= 15 is 0 Å². The molecule has 4 heteroatoms. The van der Waals surface area contributed by atoms with E-state index < -0.39 is 0 Å². The van der Waals surface area contributed by atoms with Gasteiger partial charge in [0.2, 0.25) is 0 Å². The number of hydrogen-bond donors (Lipinski definition) is 0. The predicted molar refractivity (Wildman–Crippen MR) is 77.2 cm³/mol. The number of alkyl halides is 1. The van der Waals surface area contributed by atoms with E-state index in [4.69, 9.17) is 14.2 Å². The molecule has 0 bridgehead atoms. The maximum Gasteiger partial charge on any atom is 0.123 e. The van der Waals surface area contributed by atoms with Gasteiger partial charge in [0, 0.05) is 11.0 Å². The van der Waals surface area contributed by atoms with Crippen LogP contribution in [-0.2, 0) is 14.9 Å². The normalized spacial score (nSPS) is 26.6. The Kier molecular flexibility index (Phi) is 3.58. The van der Waals surface area contributed by atoms with Crippen molar-refractivity contribution in [2.24, 2.45) is 0 Å². The van der Waals surface area contributed by atoms with Gasteiger partial charge in [-0.15, -0.1) is 0 Å². The highest BCUT2D eigenvalue weighted by atomic mass is 79.9. The van der Waals surface area contributed by atoms with Crippen molar-refractivity contribution in [1.82, 2.24) is 0 Å². The van der Waals surface area contributed by atoms with Crippen molar-refractivity contribution in [3.05, 3.63) is 29.3 Å². The third-order valence-corrected chi connectivity index (χ3v) is 4.93. The molecule has 104 valence electrons. The third kappa shape index (κ3) is 2.54. The quantitative estimate of drug-likeness (QED) is 0.781. The molecular weight excluding hydrogens is 308 g/mol. The number of rotatable bonds is 2. The SMILES string of the molecule is CC1(C)COc2ccc(C(Br)C3COCCO3)cc21. The Bertz CT molecular complexity index is 466. The standard InChI is InChI=1S/C15H19BrO3/c1-15(2)9-19-12-4-3-10(7-11(12)15)14(16)13-8-17-5-6-18-13/h3-4,7,13-14H,5-6,8-9H2,1-2H3. The number of fused-ring (bicyclic) bond motifs is 1. The summed E-state index contributed by atoms with van der Waals surface area (Å²) < 4.78 is 17.0. The number of halogens is 1. The highest BCUT2D eigenvalue weighted by molar-refractivity contribution is 9.09. The number of ether oxygens (including phenoxy) is 3. The van der Waals surface area contributed by atoms with Gasteiger partial charge in [-0.05, 0) is 11.6 Å². The van der Waals surface area contributed by atoms with E-state index in [1.165, 1.54) is 11.1 Å². The molecule has 0 amide bonds. The Hall–Kier alpha value is -0.580. The summed E-state index contributed by atoms with van der Waals surface area (Å²) in [6.45, 7) is 7.19. The third-order valence-electron chi connectivity index (χ3n) is 3.81. The topological polar surface area (TPSA) is 27.7 Å². The Balaban J connectivity index is 1.85. The van der Waals surface area contributed by atoms with Gasteiger partial charge in [-0.25, -0.2) is 0 Å². The average Bonchev–Trinajstić information content (AvgIpc) is 2.74. The second-order valence-electron chi connectivity index (χ2n) is 5.81. The number of hydrogen-bond acceptors (Lipinski definition) is 3. The van der Waals surface area contributed by atoms with E-state index in [-0.39, 0.29) is 16.3 Å². The van der Waals surface area contributed by atoms with Gasteiger partial charge < -0.3 is 14.2 Å². The van der Waals surface area contributed by atoms with Crippen LogP contribution in [-0.4, -0.2) is 32.5 Å². The first-order chi connectivity index (χ1) is 9.08. The molecule has 2 aliphatic rings. The Morgan fingerprint density at radius 2 is 2.16 bits per heavy atom. The lowest BCUT2D eigenvalue weighted by Gasteiger charge is -2.27. The molecular formula is C15H19BrO3. The van der Waals surface area contributed by atoms with Crippen LogP contribution in [0.1, 0.15) is 29.8 Å². The van der Waals surface area contributed by atoms with Gasteiger partial charge in [-0.2, -0.15) is 0 Å². The van der Waals surface area contributed by atoms with Crippen molar-refractivity contribution in [2.45, 2.75) is 30.2 Å². The van der Waals surface area contributed by atoms with Crippen LogP contribution in [0.3, 0.4) is 0 Å². The van der Waals surface area contributed by atoms with Gasteiger partial charge >= 0.3 is 0 Å². The fourth-order valence-electron chi connectivity index (χ4n) is 2.60. The van der Waals surface area contributed by atoms with Crippen molar-refractivity contribution < 1.29 is 14.2 Å². The van der Waals surface area contributed by atoms with E-state index in [0.29, 0.717) is 19.8 Å². The molecule has 2 heterocycles. The van der Waals surface area contributed by atoms with Crippen LogP contribution >= 0.6 is 15.9 Å². The molecule has 2 aliphatic heterocycles. The van der Waals surface area contributed by atoms with Gasteiger partial charge in [-0.3, -0.25) is 0 Å². The Labute approximate surface area is 122 Å². The van der Waals surface area contributed by atoms with Gasteiger partial charge in [-0.1, -0.05) is 41.9 Å². The molecule has 0 N–H and O–H groups in total. The molecule has 0 aliphatic carbocycles. The van der Waals surface area contributed by atoms with Crippen LogP contribution in [0.15, 0.2) is 18.2 Å². The summed E-state index contributed by atoms with van der Waals surface area (Å²) >= 11 is 3.75. The van der Waals surface area contributed by atoms with Crippen molar-refractivity contribution in [3.63, 3.8) is 0 Å². The summed E-state index contributed by atoms with van der Waals surface area (Å²) in [5.74, 6) is 1.01. The molecule has 0 aromatic heterocycles. The maximum atomic E-state index is 5.76. The minimum Gasteiger partial charge on any atom is -0.492 e. The van der Waals surface area contributed by atoms with E-state index in [2.05, 4.69) is 48.0 Å². The first kappa shape index (κ1) is 13.4. The first-order valence-electron chi connectivity index (χ1n) is 6.68. The lowest BCUT2D eigenvalue weighted by molar-refractivity contribution is -0.0876. The van der Waals surface area contributed by atoms with E-state index in [1.54, 1.807) is 0 Å². The van der Waals surface area contributed by atoms with Crippen LogP contribution in [0.4, 0.5) is 0 Å². The summed E-state index contributed by atoms with van der Waals surface area (Å²) in [4.78, 5) is 0.162. The molecule has 2 unspecified atom stereocenters. The molecule has 3 nitrogen and oxygen atoms in total. The molecule has 1 aromatic carbocycles. The van der Waals surface area contributed by atoms with Gasteiger partial charge in [0.1, 0.15) is 5.75 Å². The Morgan fingerprint density at radius 3 is 2.89 bits per heavy atom. The minimum absolute atomic E-state index is 0.0808. The summed E-state index contributed by atoms with van der Waals surface area (Å²) in [7, 11) is 0. The molecule has 1 saturated heterocycles. The Morgan fingerprint density at radius 1 is 1.32 bits per heavy atom. The van der Waals surface area contributed by atoms with Crippen molar-refractivity contribution in [1.29, 1.82) is 0 Å². The predicted octanol–water partition coefficient (Wildman–Crippen LogP) is 3.21. The second kappa shape index (κ2) is 5.08.